The first-order chi connectivity index (χ1) is 9.04. The van der Waals surface area contributed by atoms with E-state index < -0.39 is 0 Å². The van der Waals surface area contributed by atoms with Gasteiger partial charge in [-0.05, 0) is 49.4 Å². The maximum atomic E-state index is 12.9. The van der Waals surface area contributed by atoms with Crippen LogP contribution in [0.5, 0.6) is 0 Å². The van der Waals surface area contributed by atoms with E-state index in [1.165, 1.54) is 12.1 Å². The third-order valence-corrected chi connectivity index (χ3v) is 3.03. The van der Waals surface area contributed by atoms with E-state index in [0.29, 0.717) is 12.8 Å². The van der Waals surface area contributed by atoms with Crippen molar-refractivity contribution < 1.29 is 10.6 Å². The molecule has 0 fully saturated rings. The van der Waals surface area contributed by atoms with Gasteiger partial charge in [-0.3, -0.25) is 4.79 Å². The van der Waals surface area contributed by atoms with Crippen molar-refractivity contribution in [2.75, 3.05) is 0 Å². The lowest BCUT2D eigenvalue weighted by Crippen LogP contribution is -2.29. The van der Waals surface area contributed by atoms with Crippen LogP contribution in [0.15, 0.2) is 18.2 Å². The van der Waals surface area contributed by atoms with Gasteiger partial charge >= 0.3 is 0 Å². The number of carbonyl (C=O) groups is 1. The smallest absolute Gasteiger partial charge is 0.149 e. The molecule has 1 atom stereocenters. The van der Waals surface area contributed by atoms with E-state index in [4.69, 9.17) is 5.73 Å². The Bertz CT molecular complexity index is 396. The monoisotopic (exact) mass is 269 g/mol. The summed E-state index contributed by atoms with van der Waals surface area (Å²) in [6, 6.07) is 4.46. The minimum Gasteiger partial charge on any atom is -0.322 e. The first-order valence-corrected chi connectivity index (χ1v) is 7.08. The summed E-state index contributed by atoms with van der Waals surface area (Å²) in [5.41, 5.74) is 7.83. The van der Waals surface area contributed by atoms with Gasteiger partial charge in [0, 0.05) is 7.85 Å². The minimum atomic E-state index is -0.347. The van der Waals surface area contributed by atoms with E-state index in [0.717, 1.165) is 24.0 Å². The van der Waals surface area contributed by atoms with Crippen molar-refractivity contribution in [1.29, 1.82) is 0 Å². The highest BCUT2D eigenvalue weighted by molar-refractivity contribution is 5.83. The number of aryl methyl sites for hydroxylation is 2. The largest absolute Gasteiger partial charge is 0.322 e. The molecule has 0 saturated heterocycles. The molecule has 1 aromatic carbocycles. The van der Waals surface area contributed by atoms with E-state index in [1.54, 1.807) is 6.07 Å². The Morgan fingerprint density at radius 2 is 2.05 bits per heavy atom. The predicted octanol–water partition coefficient (Wildman–Crippen LogP) is 4.04. The molecule has 0 aliphatic carbocycles. The van der Waals surface area contributed by atoms with Crippen LogP contribution < -0.4 is 5.73 Å². The van der Waals surface area contributed by atoms with Crippen molar-refractivity contribution in [3.63, 3.8) is 0 Å². The number of carbonyl (C=O) groups excluding carboxylic acids is 1. The molecular formula is C16H28FNO. The van der Waals surface area contributed by atoms with Crippen LogP contribution >= 0.6 is 0 Å². The van der Waals surface area contributed by atoms with Gasteiger partial charge in [0.2, 0.25) is 0 Å². The Morgan fingerprint density at radius 1 is 1.42 bits per heavy atom. The SMILES string of the molecule is CC.CCC(=O)C(N)CCCc1ccc(F)cc1C.[HH]. The highest BCUT2D eigenvalue weighted by Crippen LogP contribution is 2.13. The average molecular weight is 269 g/mol. The zero-order valence-electron chi connectivity index (χ0n) is 12.5. The summed E-state index contributed by atoms with van der Waals surface area (Å²) in [5, 5.41) is 0. The second-order valence-electron chi connectivity index (χ2n) is 4.39. The second kappa shape index (κ2) is 9.68. The van der Waals surface area contributed by atoms with Crippen LogP contribution in [0.4, 0.5) is 4.39 Å². The number of hydrogen-bond donors (Lipinski definition) is 1. The topological polar surface area (TPSA) is 43.1 Å². The van der Waals surface area contributed by atoms with Gasteiger partial charge in [-0.25, -0.2) is 4.39 Å². The van der Waals surface area contributed by atoms with Gasteiger partial charge in [-0.1, -0.05) is 26.8 Å². The molecular weight excluding hydrogens is 241 g/mol. The number of ketones is 1. The number of nitrogens with two attached hydrogens (primary N) is 1. The minimum absolute atomic E-state index is 0. The zero-order valence-corrected chi connectivity index (χ0v) is 12.5. The molecule has 1 unspecified atom stereocenters. The van der Waals surface area contributed by atoms with Crippen LogP contribution in [0.2, 0.25) is 0 Å². The lowest BCUT2D eigenvalue weighted by atomic mass is 9.99. The normalized spacial score (nSPS) is 11.5. The Kier molecular flexibility index (Phi) is 9.06. The molecule has 0 spiro atoms. The van der Waals surface area contributed by atoms with Crippen LogP contribution in [-0.4, -0.2) is 11.8 Å². The third kappa shape index (κ3) is 6.48. The Labute approximate surface area is 117 Å². The highest BCUT2D eigenvalue weighted by Gasteiger charge is 2.10. The molecule has 19 heavy (non-hydrogen) atoms. The van der Waals surface area contributed by atoms with Gasteiger partial charge in [0.25, 0.3) is 0 Å². The number of hydrogen-bond acceptors (Lipinski definition) is 2. The molecule has 0 heterocycles. The summed E-state index contributed by atoms with van der Waals surface area (Å²) >= 11 is 0. The summed E-state index contributed by atoms with van der Waals surface area (Å²) in [4.78, 5) is 11.3. The van der Waals surface area contributed by atoms with Crippen molar-refractivity contribution in [3.05, 3.63) is 35.1 Å². The summed E-state index contributed by atoms with van der Waals surface area (Å²) in [6.45, 7) is 7.72. The van der Waals surface area contributed by atoms with Crippen molar-refractivity contribution in [2.24, 2.45) is 5.73 Å². The van der Waals surface area contributed by atoms with Gasteiger partial charge < -0.3 is 5.73 Å². The maximum Gasteiger partial charge on any atom is 0.149 e. The Balaban J connectivity index is 0. The van der Waals surface area contributed by atoms with Crippen LogP contribution in [0.1, 0.15) is 52.6 Å². The van der Waals surface area contributed by atoms with Gasteiger partial charge in [0.15, 0.2) is 0 Å². The molecule has 0 bridgehead atoms. The molecule has 0 amide bonds. The molecule has 0 radical (unpaired) electrons. The van der Waals surface area contributed by atoms with E-state index in [2.05, 4.69) is 0 Å². The first-order valence-electron chi connectivity index (χ1n) is 7.08. The molecule has 0 saturated carbocycles. The maximum absolute atomic E-state index is 12.9. The van der Waals surface area contributed by atoms with Crippen molar-refractivity contribution in [1.82, 2.24) is 0 Å². The van der Waals surface area contributed by atoms with Gasteiger partial charge in [0.05, 0.1) is 6.04 Å². The van der Waals surface area contributed by atoms with Gasteiger partial charge in [0.1, 0.15) is 11.6 Å². The lowest BCUT2D eigenvalue weighted by molar-refractivity contribution is -0.120. The number of Topliss-reactive ketones (excluding diaryl/α,β-unsaturated/α-hetero) is 1. The van der Waals surface area contributed by atoms with Gasteiger partial charge in [-0.2, -0.15) is 0 Å². The summed E-state index contributed by atoms with van der Waals surface area (Å²) in [6.07, 6.45) is 2.90. The van der Waals surface area contributed by atoms with Crippen molar-refractivity contribution >= 4 is 5.78 Å². The first kappa shape index (κ1) is 17.8. The molecule has 0 aromatic heterocycles. The van der Waals surface area contributed by atoms with E-state index in [-0.39, 0.29) is 19.1 Å². The second-order valence-corrected chi connectivity index (χ2v) is 4.39. The van der Waals surface area contributed by atoms with Crippen molar-refractivity contribution in [3.8, 4) is 0 Å². The van der Waals surface area contributed by atoms with E-state index in [1.807, 2.05) is 27.7 Å². The number of rotatable bonds is 6. The fourth-order valence-electron chi connectivity index (χ4n) is 1.88. The molecule has 3 heteroatoms. The molecule has 1 rings (SSSR count). The fourth-order valence-corrected chi connectivity index (χ4v) is 1.88. The molecule has 1 aromatic rings. The lowest BCUT2D eigenvalue weighted by Gasteiger charge is -2.10. The zero-order chi connectivity index (χ0) is 14.8. The number of benzene rings is 1. The van der Waals surface area contributed by atoms with Crippen LogP contribution in [0, 0.1) is 12.7 Å². The standard InChI is InChI=1S/C14H20FNO.C2H6.H2/c1-3-14(17)13(16)6-4-5-11-7-8-12(15)9-10(11)2;1-2;/h7-9,13H,3-6,16H2,1-2H3;1-2H3;1H. The fraction of sp³-hybridized carbons (Fsp3) is 0.562. The summed E-state index contributed by atoms with van der Waals surface area (Å²) in [5.74, 6) is -0.0926. The Hall–Kier alpha value is -1.22. The van der Waals surface area contributed by atoms with E-state index in [9.17, 15) is 9.18 Å². The van der Waals surface area contributed by atoms with Crippen LogP contribution in [-0.2, 0) is 11.2 Å². The average Bonchev–Trinajstić information content (AvgIpc) is 2.42. The quantitative estimate of drug-likeness (QED) is 0.847. The third-order valence-electron chi connectivity index (χ3n) is 3.03. The number of halogens is 1. The molecule has 2 N–H and O–H groups in total. The van der Waals surface area contributed by atoms with Crippen LogP contribution in [0.3, 0.4) is 0 Å². The molecule has 0 aliphatic heterocycles. The molecule has 110 valence electrons. The Morgan fingerprint density at radius 3 is 2.58 bits per heavy atom. The summed E-state index contributed by atoms with van der Waals surface area (Å²) < 4.78 is 12.9. The van der Waals surface area contributed by atoms with Crippen LogP contribution in [0.25, 0.3) is 0 Å². The molecule has 2 nitrogen and oxygen atoms in total. The summed E-state index contributed by atoms with van der Waals surface area (Å²) in [7, 11) is 0. The van der Waals surface area contributed by atoms with Crippen molar-refractivity contribution in [2.45, 2.75) is 59.4 Å². The highest BCUT2D eigenvalue weighted by atomic mass is 19.1. The van der Waals surface area contributed by atoms with Gasteiger partial charge in [-0.15, -0.1) is 0 Å². The van der Waals surface area contributed by atoms with E-state index >= 15 is 0 Å². The molecule has 0 aliphatic rings. The predicted molar refractivity (Wildman–Crippen MR) is 80.8 cm³/mol.